The molecule has 0 fully saturated rings. The minimum atomic E-state index is -0.482. The van der Waals surface area contributed by atoms with E-state index in [1.165, 1.54) is 17.2 Å². The number of fused-ring (bicyclic) bond motifs is 1. The number of halogens is 1. The molecule has 0 aliphatic heterocycles. The second-order valence-electron chi connectivity index (χ2n) is 6.82. The molecule has 1 unspecified atom stereocenters. The summed E-state index contributed by atoms with van der Waals surface area (Å²) in [6.45, 7) is 5.49. The number of imidazole rings is 1. The Morgan fingerprint density at radius 3 is 2.55 bits per heavy atom. The number of rotatable bonds is 5. The van der Waals surface area contributed by atoms with E-state index in [0.29, 0.717) is 39.1 Å². The fraction of sp³-hybridized carbons (Fsp3) is 0.263. The lowest BCUT2D eigenvalue weighted by atomic mass is 10.1. The van der Waals surface area contributed by atoms with Crippen LogP contribution in [-0.4, -0.2) is 47.7 Å². The molecule has 0 aliphatic rings. The van der Waals surface area contributed by atoms with Crippen LogP contribution >= 0.6 is 11.6 Å². The van der Waals surface area contributed by atoms with Gasteiger partial charge in [0.1, 0.15) is 0 Å². The van der Waals surface area contributed by atoms with Crippen LogP contribution in [0.2, 0.25) is 5.02 Å². The third-order valence-corrected chi connectivity index (χ3v) is 4.94. The van der Waals surface area contributed by atoms with E-state index in [0.717, 1.165) is 5.69 Å². The number of amides is 2. The van der Waals surface area contributed by atoms with Crippen molar-refractivity contribution >= 4 is 34.7 Å². The van der Waals surface area contributed by atoms with Gasteiger partial charge in [-0.05, 0) is 26.8 Å². The van der Waals surface area contributed by atoms with Crippen molar-refractivity contribution in [3.8, 4) is 5.82 Å². The van der Waals surface area contributed by atoms with Crippen LogP contribution < -0.4 is 10.6 Å². The molecule has 0 aliphatic carbocycles. The zero-order valence-corrected chi connectivity index (χ0v) is 18.0. The third kappa shape index (κ3) is 4.05. The number of carbonyl (C=O) groups excluding carboxylic acids is 1. The number of nitrogens with one attached hydrogen (secondary N) is 2. The Labute approximate surface area is 182 Å². The van der Waals surface area contributed by atoms with E-state index >= 15 is 0 Å². The summed E-state index contributed by atoms with van der Waals surface area (Å²) in [7, 11) is 1.59. The minimum Gasteiger partial charge on any atom is -0.377 e. The van der Waals surface area contributed by atoms with Crippen LogP contribution in [0.15, 0.2) is 30.9 Å². The number of carbonyl (C=O) groups is 1. The number of hydrogen-bond donors (Lipinski definition) is 2. The minimum absolute atomic E-state index is 0.293. The van der Waals surface area contributed by atoms with Crippen molar-refractivity contribution in [3.05, 3.63) is 52.8 Å². The number of aryl methyl sites for hydroxylation is 2. The summed E-state index contributed by atoms with van der Waals surface area (Å²) in [6.07, 6.45) is 6.10. The second-order valence-corrected chi connectivity index (χ2v) is 7.23. The van der Waals surface area contributed by atoms with E-state index in [2.05, 4.69) is 35.9 Å². The molecule has 0 saturated carbocycles. The first-order valence-electron chi connectivity index (χ1n) is 9.37. The maximum absolute atomic E-state index is 12.7. The summed E-state index contributed by atoms with van der Waals surface area (Å²) >= 11 is 6.32. The number of nitrogens with zero attached hydrogens (tertiary/aromatic N) is 7. The van der Waals surface area contributed by atoms with Gasteiger partial charge in [0.05, 0.1) is 64.2 Å². The van der Waals surface area contributed by atoms with E-state index in [-0.39, 0.29) is 6.10 Å². The molecule has 4 aromatic rings. The SMILES string of the molecule is COC(C)c1c(NC(=O)Nc2cc(Cl)c(-n3nccn3)nc2C)cnn2cc(C)nc12. The lowest BCUT2D eigenvalue weighted by molar-refractivity contribution is 0.120. The van der Waals surface area contributed by atoms with Crippen LogP contribution in [0.3, 0.4) is 0 Å². The Hall–Kier alpha value is -3.57. The molecular weight excluding hydrogens is 422 g/mol. The highest BCUT2D eigenvalue weighted by atomic mass is 35.5. The molecule has 11 nitrogen and oxygen atoms in total. The molecule has 12 heteroatoms. The molecule has 0 bridgehead atoms. The molecule has 4 heterocycles. The second kappa shape index (κ2) is 8.28. The molecule has 4 aromatic heterocycles. The van der Waals surface area contributed by atoms with Crippen molar-refractivity contribution in [2.75, 3.05) is 17.7 Å². The average molecular weight is 442 g/mol. The van der Waals surface area contributed by atoms with E-state index in [1.807, 2.05) is 13.8 Å². The normalized spacial score (nSPS) is 12.2. The summed E-state index contributed by atoms with van der Waals surface area (Å²) in [5.41, 5.74) is 3.62. The number of anilines is 2. The van der Waals surface area contributed by atoms with Crippen LogP contribution in [0.4, 0.5) is 16.2 Å². The summed E-state index contributed by atoms with van der Waals surface area (Å²) < 4.78 is 7.14. The number of urea groups is 1. The zero-order chi connectivity index (χ0) is 22.1. The molecule has 160 valence electrons. The number of ether oxygens (including phenoxy) is 1. The van der Waals surface area contributed by atoms with Gasteiger partial charge in [-0.25, -0.2) is 19.3 Å². The average Bonchev–Trinajstić information content (AvgIpc) is 3.38. The van der Waals surface area contributed by atoms with Gasteiger partial charge in [-0.3, -0.25) is 0 Å². The van der Waals surface area contributed by atoms with Crippen molar-refractivity contribution < 1.29 is 9.53 Å². The number of methoxy groups -OCH3 is 1. The summed E-state index contributed by atoms with van der Waals surface area (Å²) in [5, 5.41) is 18.3. The van der Waals surface area contributed by atoms with Crippen molar-refractivity contribution in [3.63, 3.8) is 0 Å². The first kappa shape index (κ1) is 20.7. The Kier molecular flexibility index (Phi) is 5.53. The predicted octanol–water partition coefficient (Wildman–Crippen LogP) is 3.33. The highest BCUT2D eigenvalue weighted by Gasteiger charge is 2.20. The molecular formula is C19H20ClN9O2. The van der Waals surface area contributed by atoms with Gasteiger partial charge in [-0.2, -0.15) is 15.3 Å². The molecule has 2 N–H and O–H groups in total. The van der Waals surface area contributed by atoms with Crippen LogP contribution in [-0.2, 0) is 4.74 Å². The van der Waals surface area contributed by atoms with E-state index in [4.69, 9.17) is 16.3 Å². The molecule has 31 heavy (non-hydrogen) atoms. The Morgan fingerprint density at radius 1 is 1.13 bits per heavy atom. The number of pyridine rings is 1. The maximum Gasteiger partial charge on any atom is 0.323 e. The van der Waals surface area contributed by atoms with Crippen molar-refractivity contribution in [2.45, 2.75) is 26.9 Å². The van der Waals surface area contributed by atoms with Crippen LogP contribution in [0, 0.1) is 13.8 Å². The van der Waals surface area contributed by atoms with Gasteiger partial charge in [0.15, 0.2) is 11.5 Å². The topological polar surface area (TPSA) is 124 Å². The fourth-order valence-corrected chi connectivity index (χ4v) is 3.35. The van der Waals surface area contributed by atoms with Gasteiger partial charge in [0, 0.05) is 7.11 Å². The van der Waals surface area contributed by atoms with Gasteiger partial charge < -0.3 is 15.4 Å². The van der Waals surface area contributed by atoms with Crippen LogP contribution in [0.5, 0.6) is 0 Å². The van der Waals surface area contributed by atoms with Crippen molar-refractivity contribution in [1.29, 1.82) is 0 Å². The lowest BCUT2D eigenvalue weighted by Gasteiger charge is -2.17. The quantitative estimate of drug-likeness (QED) is 0.486. The largest absolute Gasteiger partial charge is 0.377 e. The van der Waals surface area contributed by atoms with E-state index < -0.39 is 6.03 Å². The molecule has 0 aromatic carbocycles. The Balaban J connectivity index is 1.61. The molecule has 0 radical (unpaired) electrons. The van der Waals surface area contributed by atoms with E-state index in [9.17, 15) is 4.79 Å². The molecule has 4 rings (SSSR count). The standard InChI is InChI=1S/C19H20ClN9O2/c1-10-9-28-18(24-10)16(12(3)31-4)15(8-23-28)27-19(30)26-14-7-13(20)17(25-11(14)2)29-21-5-6-22-29/h5-9,12H,1-4H3,(H2,26,27,30). The summed E-state index contributed by atoms with van der Waals surface area (Å²) in [6, 6.07) is 1.12. The van der Waals surface area contributed by atoms with Gasteiger partial charge >= 0.3 is 6.03 Å². The van der Waals surface area contributed by atoms with Gasteiger partial charge in [0.25, 0.3) is 0 Å². The molecule has 2 amide bonds. The first-order valence-corrected chi connectivity index (χ1v) is 9.74. The lowest BCUT2D eigenvalue weighted by Crippen LogP contribution is -2.22. The summed E-state index contributed by atoms with van der Waals surface area (Å²) in [4.78, 5) is 23.0. The van der Waals surface area contributed by atoms with E-state index in [1.54, 1.807) is 37.0 Å². The molecule has 0 spiro atoms. The summed E-state index contributed by atoms with van der Waals surface area (Å²) in [5.74, 6) is 0.371. The number of aromatic nitrogens is 7. The van der Waals surface area contributed by atoms with Gasteiger partial charge in [0.2, 0.25) is 0 Å². The highest BCUT2D eigenvalue weighted by Crippen LogP contribution is 2.29. The molecule has 0 saturated heterocycles. The predicted molar refractivity (Wildman–Crippen MR) is 115 cm³/mol. The third-order valence-electron chi connectivity index (χ3n) is 4.66. The smallest absolute Gasteiger partial charge is 0.323 e. The first-order chi connectivity index (χ1) is 14.9. The van der Waals surface area contributed by atoms with Gasteiger partial charge in [-0.1, -0.05) is 11.6 Å². The fourth-order valence-electron chi connectivity index (χ4n) is 3.12. The van der Waals surface area contributed by atoms with Gasteiger partial charge in [-0.15, -0.1) is 4.80 Å². The Bertz CT molecular complexity index is 1250. The highest BCUT2D eigenvalue weighted by molar-refractivity contribution is 6.32. The van der Waals surface area contributed by atoms with Crippen LogP contribution in [0.25, 0.3) is 11.5 Å². The number of hydrogen-bond acceptors (Lipinski definition) is 7. The Morgan fingerprint density at radius 2 is 1.84 bits per heavy atom. The molecule has 1 atom stereocenters. The zero-order valence-electron chi connectivity index (χ0n) is 17.3. The van der Waals surface area contributed by atoms with Crippen molar-refractivity contribution in [1.82, 2.24) is 34.6 Å². The maximum atomic E-state index is 12.7. The van der Waals surface area contributed by atoms with Crippen molar-refractivity contribution in [2.24, 2.45) is 0 Å². The van der Waals surface area contributed by atoms with Crippen LogP contribution in [0.1, 0.15) is 30.0 Å². The monoisotopic (exact) mass is 441 g/mol.